The molecular formula is C22H23NO3. The van der Waals surface area contributed by atoms with E-state index in [0.717, 1.165) is 22.4 Å². The normalized spacial score (nSPS) is 12.0. The molecule has 0 aliphatic heterocycles. The van der Waals surface area contributed by atoms with Crippen LogP contribution in [0, 0.1) is 0 Å². The summed E-state index contributed by atoms with van der Waals surface area (Å²) in [6, 6.07) is 17.2. The maximum absolute atomic E-state index is 12.5. The summed E-state index contributed by atoms with van der Waals surface area (Å²) in [7, 11) is 1.39. The summed E-state index contributed by atoms with van der Waals surface area (Å²) < 4.78 is 7.18. The van der Waals surface area contributed by atoms with Gasteiger partial charge in [0.1, 0.15) is 5.75 Å². The summed E-state index contributed by atoms with van der Waals surface area (Å²) >= 11 is 0. The van der Waals surface area contributed by atoms with Gasteiger partial charge >= 0.3 is 5.97 Å². The molecule has 0 radical (unpaired) electrons. The number of aromatic nitrogens is 1. The van der Waals surface area contributed by atoms with Crippen molar-refractivity contribution in [2.45, 2.75) is 26.3 Å². The number of benzene rings is 2. The zero-order valence-corrected chi connectivity index (χ0v) is 15.3. The van der Waals surface area contributed by atoms with Gasteiger partial charge in [-0.25, -0.2) is 4.79 Å². The molecule has 0 unspecified atom stereocenters. The van der Waals surface area contributed by atoms with Crippen molar-refractivity contribution in [3.05, 3.63) is 77.6 Å². The molecule has 4 nitrogen and oxygen atoms in total. The first-order valence-corrected chi connectivity index (χ1v) is 8.73. The first-order valence-electron chi connectivity index (χ1n) is 8.73. The number of methoxy groups -OCH3 is 1. The topological polar surface area (TPSA) is 51.5 Å². The lowest BCUT2D eigenvalue weighted by Gasteiger charge is -2.18. The Labute approximate surface area is 153 Å². The van der Waals surface area contributed by atoms with Gasteiger partial charge in [0.2, 0.25) is 0 Å². The molecule has 0 amide bonds. The van der Waals surface area contributed by atoms with Gasteiger partial charge in [0.05, 0.1) is 18.7 Å². The van der Waals surface area contributed by atoms with Crippen LogP contribution in [-0.4, -0.2) is 22.8 Å². The maximum Gasteiger partial charge on any atom is 0.340 e. The van der Waals surface area contributed by atoms with Gasteiger partial charge in [-0.2, -0.15) is 0 Å². The van der Waals surface area contributed by atoms with Crippen molar-refractivity contribution < 1.29 is 14.6 Å². The Bertz CT molecular complexity index is 912. The second-order valence-corrected chi connectivity index (χ2v) is 6.25. The highest BCUT2D eigenvalue weighted by atomic mass is 16.5. The minimum atomic E-state index is -0.362. The van der Waals surface area contributed by atoms with Crippen LogP contribution in [0.2, 0.25) is 0 Å². The quantitative estimate of drug-likeness (QED) is 0.672. The van der Waals surface area contributed by atoms with Crippen LogP contribution in [0.15, 0.2) is 60.8 Å². The van der Waals surface area contributed by atoms with Crippen molar-refractivity contribution in [2.24, 2.45) is 0 Å². The monoisotopic (exact) mass is 349 g/mol. The van der Waals surface area contributed by atoms with Crippen molar-refractivity contribution in [2.75, 3.05) is 7.11 Å². The third-order valence-corrected chi connectivity index (χ3v) is 4.72. The lowest BCUT2D eigenvalue weighted by Crippen LogP contribution is -2.12. The molecular weight excluding hydrogens is 326 g/mol. The Morgan fingerprint density at radius 1 is 1.15 bits per heavy atom. The Balaban J connectivity index is 2.22. The van der Waals surface area contributed by atoms with E-state index in [2.05, 4.69) is 23.6 Å². The highest BCUT2D eigenvalue weighted by Gasteiger charge is 2.25. The number of rotatable bonds is 5. The van der Waals surface area contributed by atoms with Crippen molar-refractivity contribution in [1.29, 1.82) is 0 Å². The van der Waals surface area contributed by atoms with Crippen LogP contribution in [0.1, 0.15) is 41.5 Å². The Hall–Kier alpha value is -3.01. The van der Waals surface area contributed by atoms with Gasteiger partial charge in [-0.3, -0.25) is 0 Å². The van der Waals surface area contributed by atoms with E-state index < -0.39 is 0 Å². The molecule has 26 heavy (non-hydrogen) atoms. The minimum Gasteiger partial charge on any atom is -0.508 e. The lowest BCUT2D eigenvalue weighted by atomic mass is 10.0. The van der Waals surface area contributed by atoms with Gasteiger partial charge in [0, 0.05) is 17.5 Å². The van der Waals surface area contributed by atoms with Crippen molar-refractivity contribution in [3.8, 4) is 16.9 Å². The summed E-state index contributed by atoms with van der Waals surface area (Å²) in [6.45, 7) is 4.14. The number of carbonyl (C=O) groups excluding carboxylic acids is 1. The number of nitrogens with zero attached hydrogens (tertiary/aromatic N) is 1. The molecule has 0 saturated carbocycles. The molecule has 3 rings (SSSR count). The SMILES string of the molecule is CCc1c(C(=O)OC)c(-c2cccc(O)c2)cn1[C@H](C)c1ccccc1. The fourth-order valence-electron chi connectivity index (χ4n) is 3.39. The second kappa shape index (κ2) is 7.48. The third-order valence-electron chi connectivity index (χ3n) is 4.72. The van der Waals surface area contributed by atoms with E-state index in [1.165, 1.54) is 7.11 Å². The molecule has 4 heteroatoms. The summed E-state index contributed by atoms with van der Waals surface area (Å²) in [5.41, 5.74) is 4.21. The fourth-order valence-corrected chi connectivity index (χ4v) is 3.39. The molecule has 0 spiro atoms. The molecule has 0 aliphatic carbocycles. The zero-order valence-electron chi connectivity index (χ0n) is 15.3. The van der Waals surface area contributed by atoms with Crippen LogP contribution in [0.3, 0.4) is 0 Å². The molecule has 1 atom stereocenters. The van der Waals surface area contributed by atoms with Crippen molar-refractivity contribution >= 4 is 5.97 Å². The van der Waals surface area contributed by atoms with Gasteiger partial charge in [-0.1, -0.05) is 49.4 Å². The molecule has 1 N–H and O–H groups in total. The Morgan fingerprint density at radius 2 is 1.88 bits per heavy atom. The average molecular weight is 349 g/mol. The van der Waals surface area contributed by atoms with Crippen molar-refractivity contribution in [1.82, 2.24) is 4.57 Å². The number of phenolic OH excluding ortho intramolecular Hbond substituents is 1. The number of hydrogen-bond acceptors (Lipinski definition) is 3. The minimum absolute atomic E-state index is 0.0700. The molecule has 0 saturated heterocycles. The van der Waals surface area contributed by atoms with E-state index >= 15 is 0 Å². The van der Waals surface area contributed by atoms with E-state index in [0.29, 0.717) is 12.0 Å². The number of esters is 1. The van der Waals surface area contributed by atoms with Gasteiger partial charge in [-0.15, -0.1) is 0 Å². The van der Waals surface area contributed by atoms with E-state index in [4.69, 9.17) is 4.74 Å². The number of phenols is 1. The lowest BCUT2D eigenvalue weighted by molar-refractivity contribution is 0.0600. The number of carbonyl (C=O) groups is 1. The number of aromatic hydroxyl groups is 1. The van der Waals surface area contributed by atoms with Crippen LogP contribution < -0.4 is 0 Å². The van der Waals surface area contributed by atoms with Gasteiger partial charge in [0.15, 0.2) is 0 Å². The fraction of sp³-hybridized carbons (Fsp3) is 0.227. The molecule has 2 aromatic carbocycles. The van der Waals surface area contributed by atoms with Gasteiger partial charge < -0.3 is 14.4 Å². The third kappa shape index (κ3) is 3.23. The summed E-state index contributed by atoms with van der Waals surface area (Å²) in [5, 5.41) is 9.86. The van der Waals surface area contributed by atoms with Crippen LogP contribution in [0.4, 0.5) is 0 Å². The highest BCUT2D eigenvalue weighted by molar-refractivity contribution is 5.99. The summed E-state index contributed by atoms with van der Waals surface area (Å²) in [4.78, 5) is 12.5. The largest absolute Gasteiger partial charge is 0.508 e. The van der Waals surface area contributed by atoms with Crippen LogP contribution >= 0.6 is 0 Å². The van der Waals surface area contributed by atoms with Crippen LogP contribution in [-0.2, 0) is 11.2 Å². The summed E-state index contributed by atoms with van der Waals surface area (Å²) in [5.74, 6) is -0.195. The molecule has 0 bridgehead atoms. The molecule has 0 aliphatic rings. The van der Waals surface area contributed by atoms with Gasteiger partial charge in [0.25, 0.3) is 0 Å². The molecule has 1 heterocycles. The Kier molecular flexibility index (Phi) is 5.12. The maximum atomic E-state index is 12.5. The predicted octanol–water partition coefficient (Wildman–Crippen LogP) is 4.82. The van der Waals surface area contributed by atoms with Crippen LogP contribution in [0.25, 0.3) is 11.1 Å². The first kappa shape index (κ1) is 17.8. The predicted molar refractivity (Wildman–Crippen MR) is 103 cm³/mol. The molecule has 3 aromatic rings. The number of hydrogen-bond donors (Lipinski definition) is 1. The summed E-state index contributed by atoms with van der Waals surface area (Å²) in [6.07, 6.45) is 2.68. The number of ether oxygens (including phenoxy) is 1. The van der Waals surface area contributed by atoms with E-state index in [1.807, 2.05) is 37.4 Å². The zero-order chi connectivity index (χ0) is 18.7. The van der Waals surface area contributed by atoms with Crippen LogP contribution in [0.5, 0.6) is 5.75 Å². The first-order chi connectivity index (χ1) is 12.6. The van der Waals surface area contributed by atoms with Crippen molar-refractivity contribution in [3.63, 3.8) is 0 Å². The molecule has 1 aromatic heterocycles. The standard InChI is InChI=1S/C22H23NO3/c1-4-20-21(22(25)26-3)19(17-11-8-12-18(24)13-17)14-23(20)15(2)16-9-6-5-7-10-16/h5-15,24H,4H2,1-3H3/t15-/m1/s1. The second-order valence-electron chi connectivity index (χ2n) is 6.25. The molecule has 134 valence electrons. The van der Waals surface area contributed by atoms with E-state index in [1.54, 1.807) is 18.2 Å². The molecule has 0 fully saturated rings. The Morgan fingerprint density at radius 3 is 2.50 bits per heavy atom. The smallest absolute Gasteiger partial charge is 0.340 e. The van der Waals surface area contributed by atoms with E-state index in [-0.39, 0.29) is 17.8 Å². The highest BCUT2D eigenvalue weighted by Crippen LogP contribution is 2.34. The van der Waals surface area contributed by atoms with Gasteiger partial charge in [-0.05, 0) is 36.6 Å². The van der Waals surface area contributed by atoms with E-state index in [9.17, 15) is 9.90 Å². The average Bonchev–Trinajstić information content (AvgIpc) is 3.07.